The zero-order chi connectivity index (χ0) is 12.5. The Kier molecular flexibility index (Phi) is 6.35. The first-order valence-electron chi connectivity index (χ1n) is 6.52. The molecule has 17 heavy (non-hydrogen) atoms. The van der Waals surface area contributed by atoms with Crippen LogP contribution in [0, 0.1) is 11.3 Å². The summed E-state index contributed by atoms with van der Waals surface area (Å²) < 4.78 is 0. The summed E-state index contributed by atoms with van der Waals surface area (Å²) in [6, 6.07) is 10.6. The van der Waals surface area contributed by atoms with Crippen molar-refractivity contribution in [3.8, 4) is 6.07 Å². The van der Waals surface area contributed by atoms with Crippen LogP contribution in [0.5, 0.6) is 0 Å². The van der Waals surface area contributed by atoms with Crippen molar-refractivity contribution in [2.45, 2.75) is 52.1 Å². The Morgan fingerprint density at radius 1 is 1.24 bits per heavy atom. The highest BCUT2D eigenvalue weighted by molar-refractivity contribution is 5.31. The molecule has 1 rings (SSSR count). The van der Waals surface area contributed by atoms with Gasteiger partial charge in [0.05, 0.1) is 11.6 Å². The molecule has 92 valence electrons. The summed E-state index contributed by atoms with van der Waals surface area (Å²) in [6.45, 7) is 5.35. The van der Waals surface area contributed by atoms with Gasteiger partial charge >= 0.3 is 0 Å². The minimum Gasteiger partial charge on any atom is -0.310 e. The van der Waals surface area contributed by atoms with E-state index in [9.17, 15) is 0 Å². The smallest absolute Gasteiger partial charge is 0.0991 e. The fraction of sp³-hybridized carbons (Fsp3) is 0.533. The molecule has 0 radical (unpaired) electrons. The Bertz CT molecular complexity index is 348. The summed E-state index contributed by atoms with van der Waals surface area (Å²) in [6.07, 6.45) is 4.98. The third kappa shape index (κ3) is 5.01. The van der Waals surface area contributed by atoms with E-state index in [1.54, 1.807) is 0 Å². The second-order valence-electron chi connectivity index (χ2n) is 4.44. The maximum atomic E-state index is 8.72. The lowest BCUT2D eigenvalue weighted by Crippen LogP contribution is -2.27. The van der Waals surface area contributed by atoms with Gasteiger partial charge in [0, 0.05) is 12.6 Å². The lowest BCUT2D eigenvalue weighted by atomic mass is 10.1. The maximum absolute atomic E-state index is 8.72. The molecule has 1 aromatic rings. The molecule has 0 fully saturated rings. The van der Waals surface area contributed by atoms with Crippen LogP contribution >= 0.6 is 0 Å². The maximum Gasteiger partial charge on any atom is 0.0991 e. The van der Waals surface area contributed by atoms with E-state index >= 15 is 0 Å². The van der Waals surface area contributed by atoms with Crippen LogP contribution in [0.4, 0.5) is 0 Å². The molecule has 1 aromatic carbocycles. The summed E-state index contributed by atoms with van der Waals surface area (Å²) in [7, 11) is 0. The molecule has 1 atom stereocenters. The van der Waals surface area contributed by atoms with E-state index in [1.165, 1.54) is 31.2 Å². The zero-order valence-electron chi connectivity index (χ0n) is 10.9. The highest BCUT2D eigenvalue weighted by Crippen LogP contribution is 2.07. The van der Waals surface area contributed by atoms with E-state index in [1.807, 2.05) is 24.3 Å². The van der Waals surface area contributed by atoms with Gasteiger partial charge in [-0.3, -0.25) is 0 Å². The first kappa shape index (κ1) is 13.7. The summed E-state index contributed by atoms with van der Waals surface area (Å²) in [5, 5.41) is 12.3. The Morgan fingerprint density at radius 3 is 2.47 bits per heavy atom. The molecule has 2 nitrogen and oxygen atoms in total. The highest BCUT2D eigenvalue weighted by Gasteiger charge is 2.04. The van der Waals surface area contributed by atoms with E-state index in [4.69, 9.17) is 5.26 Å². The normalized spacial score (nSPS) is 12.1. The van der Waals surface area contributed by atoms with E-state index in [2.05, 4.69) is 25.2 Å². The first-order valence-corrected chi connectivity index (χ1v) is 6.52. The van der Waals surface area contributed by atoms with Crippen molar-refractivity contribution in [2.75, 3.05) is 0 Å². The number of hydrogen-bond donors (Lipinski definition) is 1. The number of nitrogens with zero attached hydrogens (tertiary/aromatic N) is 1. The molecule has 0 spiro atoms. The van der Waals surface area contributed by atoms with Crippen molar-refractivity contribution in [3.63, 3.8) is 0 Å². The minimum atomic E-state index is 0.616. The molecule has 0 aromatic heterocycles. The van der Waals surface area contributed by atoms with Gasteiger partial charge in [0.2, 0.25) is 0 Å². The third-order valence-electron chi connectivity index (χ3n) is 3.08. The van der Waals surface area contributed by atoms with Crippen molar-refractivity contribution in [1.29, 1.82) is 5.26 Å². The summed E-state index contributed by atoms with van der Waals surface area (Å²) in [4.78, 5) is 0. The molecule has 0 aliphatic heterocycles. The largest absolute Gasteiger partial charge is 0.310 e. The lowest BCUT2D eigenvalue weighted by molar-refractivity contribution is 0.452. The second-order valence-corrected chi connectivity index (χ2v) is 4.44. The Labute approximate surface area is 105 Å². The molecular formula is C15H22N2. The van der Waals surface area contributed by atoms with Crippen molar-refractivity contribution < 1.29 is 0 Å². The van der Waals surface area contributed by atoms with Gasteiger partial charge in [-0.25, -0.2) is 0 Å². The summed E-state index contributed by atoms with van der Waals surface area (Å²) >= 11 is 0. The molecule has 0 amide bonds. The fourth-order valence-corrected chi connectivity index (χ4v) is 1.86. The van der Waals surface area contributed by atoms with E-state index in [0.717, 1.165) is 12.1 Å². The number of benzene rings is 1. The van der Waals surface area contributed by atoms with Crippen molar-refractivity contribution in [3.05, 3.63) is 35.4 Å². The molecule has 2 heteroatoms. The van der Waals surface area contributed by atoms with Crippen LogP contribution in [-0.2, 0) is 6.54 Å². The van der Waals surface area contributed by atoms with Crippen LogP contribution in [0.2, 0.25) is 0 Å². The summed E-state index contributed by atoms with van der Waals surface area (Å²) in [5.41, 5.74) is 1.98. The Hall–Kier alpha value is -1.33. The predicted molar refractivity (Wildman–Crippen MR) is 71.6 cm³/mol. The highest BCUT2D eigenvalue weighted by atomic mass is 14.9. The molecule has 0 saturated carbocycles. The average Bonchev–Trinajstić information content (AvgIpc) is 2.39. The molecule has 0 saturated heterocycles. The lowest BCUT2D eigenvalue weighted by Gasteiger charge is -2.16. The van der Waals surface area contributed by atoms with Gasteiger partial charge in [-0.2, -0.15) is 5.26 Å². The molecule has 1 unspecified atom stereocenters. The zero-order valence-corrected chi connectivity index (χ0v) is 10.9. The van der Waals surface area contributed by atoms with Crippen LogP contribution in [0.25, 0.3) is 0 Å². The van der Waals surface area contributed by atoms with Crippen LogP contribution < -0.4 is 5.32 Å². The Morgan fingerprint density at radius 2 is 1.94 bits per heavy atom. The number of rotatable bonds is 7. The second kappa shape index (κ2) is 7.86. The fourth-order valence-electron chi connectivity index (χ4n) is 1.86. The predicted octanol–water partition coefficient (Wildman–Crippen LogP) is 3.62. The molecular weight excluding hydrogens is 208 g/mol. The Balaban J connectivity index is 2.40. The van der Waals surface area contributed by atoms with Gasteiger partial charge < -0.3 is 5.32 Å². The van der Waals surface area contributed by atoms with Crippen molar-refractivity contribution >= 4 is 0 Å². The first-order chi connectivity index (χ1) is 8.30. The molecule has 0 heterocycles. The van der Waals surface area contributed by atoms with Gasteiger partial charge in [0.15, 0.2) is 0 Å². The van der Waals surface area contributed by atoms with E-state index < -0.39 is 0 Å². The minimum absolute atomic E-state index is 0.616. The molecule has 0 aliphatic rings. The number of hydrogen-bond acceptors (Lipinski definition) is 2. The monoisotopic (exact) mass is 230 g/mol. The summed E-state index contributed by atoms with van der Waals surface area (Å²) in [5.74, 6) is 0. The van der Waals surface area contributed by atoms with E-state index in [0.29, 0.717) is 6.04 Å². The van der Waals surface area contributed by atoms with Crippen LogP contribution in [0.3, 0.4) is 0 Å². The SMILES string of the molecule is CCCCC(CC)NCc1ccc(C#N)cc1. The standard InChI is InChI=1S/C15H22N2/c1-3-5-6-15(4-2)17-12-14-9-7-13(11-16)8-10-14/h7-10,15,17H,3-6,12H2,1-2H3. The van der Waals surface area contributed by atoms with Crippen LogP contribution in [0.15, 0.2) is 24.3 Å². The van der Waals surface area contributed by atoms with E-state index in [-0.39, 0.29) is 0 Å². The van der Waals surface area contributed by atoms with Gasteiger partial charge in [0.1, 0.15) is 0 Å². The number of unbranched alkanes of at least 4 members (excludes halogenated alkanes) is 1. The number of nitriles is 1. The van der Waals surface area contributed by atoms with Crippen LogP contribution in [0.1, 0.15) is 50.7 Å². The molecule has 1 N–H and O–H groups in total. The number of nitrogens with one attached hydrogen (secondary N) is 1. The van der Waals surface area contributed by atoms with Crippen molar-refractivity contribution in [1.82, 2.24) is 5.32 Å². The average molecular weight is 230 g/mol. The van der Waals surface area contributed by atoms with Gasteiger partial charge in [-0.15, -0.1) is 0 Å². The van der Waals surface area contributed by atoms with Gasteiger partial charge in [0.25, 0.3) is 0 Å². The topological polar surface area (TPSA) is 35.8 Å². The van der Waals surface area contributed by atoms with Gasteiger partial charge in [-0.05, 0) is 30.5 Å². The van der Waals surface area contributed by atoms with Crippen LogP contribution in [-0.4, -0.2) is 6.04 Å². The molecule has 0 bridgehead atoms. The third-order valence-corrected chi connectivity index (χ3v) is 3.08. The molecule has 0 aliphatic carbocycles. The quantitative estimate of drug-likeness (QED) is 0.776. The van der Waals surface area contributed by atoms with Crippen molar-refractivity contribution in [2.24, 2.45) is 0 Å². The van der Waals surface area contributed by atoms with Gasteiger partial charge in [-0.1, -0.05) is 38.8 Å².